The summed E-state index contributed by atoms with van der Waals surface area (Å²) < 4.78 is 9.21. The number of para-hydroxylation sites is 4. The minimum absolute atomic E-state index is 0.493. The van der Waals surface area contributed by atoms with Gasteiger partial charge in [0.05, 0.1) is 23.3 Å². The van der Waals surface area contributed by atoms with Gasteiger partial charge in [-0.1, -0.05) is 152 Å². The second-order valence-electron chi connectivity index (χ2n) is 12.5. The fourth-order valence-electron chi connectivity index (χ4n) is 7.01. The van der Waals surface area contributed by atoms with Gasteiger partial charge in [0.2, 0.25) is 0 Å². The van der Waals surface area contributed by atoms with E-state index < -0.39 is 0 Å². The van der Waals surface area contributed by atoms with E-state index in [-0.39, 0.29) is 0 Å². The number of amidine groups is 2. The lowest BCUT2D eigenvalue weighted by Gasteiger charge is -2.08. The zero-order valence-electron chi connectivity index (χ0n) is 27.8. The van der Waals surface area contributed by atoms with Crippen molar-refractivity contribution in [3.8, 4) is 16.8 Å². The normalized spacial score (nSPS) is 12.3. The molecular formula is C46H32N4O. The minimum Gasteiger partial charge on any atom is -0.453 e. The summed E-state index contributed by atoms with van der Waals surface area (Å²) in [7, 11) is 0. The summed E-state index contributed by atoms with van der Waals surface area (Å²) in [6.07, 6.45) is 0. The van der Waals surface area contributed by atoms with Crippen LogP contribution in [0.1, 0.15) is 16.7 Å². The summed E-state index contributed by atoms with van der Waals surface area (Å²) >= 11 is 0. The molecule has 0 fully saturated rings. The molecular weight excluding hydrogens is 625 g/mol. The number of hydrogen-bond acceptors (Lipinski definition) is 2. The Bertz CT molecular complexity index is 2720. The van der Waals surface area contributed by atoms with Gasteiger partial charge in [0.1, 0.15) is 5.58 Å². The van der Waals surface area contributed by atoms with Crippen molar-refractivity contribution in [1.29, 1.82) is 0 Å². The number of rotatable bonds is 6. The molecule has 9 aromatic rings. The highest BCUT2D eigenvalue weighted by Gasteiger charge is 2.19. The lowest BCUT2D eigenvalue weighted by molar-refractivity contribution is 0.667. The molecule has 5 nitrogen and oxygen atoms in total. The zero-order chi connectivity index (χ0) is 34.1. The number of benzene rings is 7. The number of furan rings is 1. The van der Waals surface area contributed by atoms with Gasteiger partial charge in [0.15, 0.2) is 17.3 Å². The number of nitrogens with zero attached hydrogens (tertiary/aromatic N) is 4. The molecule has 2 aromatic heterocycles. The Morgan fingerprint density at radius 1 is 0.510 bits per heavy atom. The van der Waals surface area contributed by atoms with Gasteiger partial charge in [-0.2, -0.15) is 0 Å². The van der Waals surface area contributed by atoms with Crippen LogP contribution in [-0.4, -0.2) is 23.0 Å². The van der Waals surface area contributed by atoms with Crippen molar-refractivity contribution in [2.75, 3.05) is 0 Å². The predicted molar refractivity (Wildman–Crippen MR) is 213 cm³/mol. The number of fused-ring (bicyclic) bond motifs is 6. The average Bonchev–Trinajstić information content (AvgIpc) is 3.75. The van der Waals surface area contributed by atoms with Crippen LogP contribution in [0.15, 0.2) is 189 Å². The highest BCUT2D eigenvalue weighted by atomic mass is 16.3. The first-order valence-electron chi connectivity index (χ1n) is 17.0. The Labute approximate surface area is 295 Å². The molecule has 0 aliphatic heterocycles. The molecule has 0 saturated carbocycles. The van der Waals surface area contributed by atoms with Gasteiger partial charge in [-0.3, -0.25) is 4.99 Å². The lowest BCUT2D eigenvalue weighted by atomic mass is 10.0. The molecule has 7 aromatic carbocycles. The quantitative estimate of drug-likeness (QED) is 0.130. The van der Waals surface area contributed by atoms with Gasteiger partial charge in [-0.25, -0.2) is 9.98 Å². The van der Waals surface area contributed by atoms with E-state index in [1.165, 1.54) is 10.8 Å². The van der Waals surface area contributed by atoms with Gasteiger partial charge in [0, 0.05) is 38.2 Å². The maximum absolute atomic E-state index is 6.89. The molecule has 0 atom stereocenters. The van der Waals surface area contributed by atoms with Crippen LogP contribution in [0, 0.1) is 0 Å². The zero-order valence-corrected chi connectivity index (χ0v) is 27.8. The summed E-state index contributed by atoms with van der Waals surface area (Å²) in [5.74, 6) is 1.12. The first kappa shape index (κ1) is 30.2. The molecule has 51 heavy (non-hydrogen) atoms. The van der Waals surface area contributed by atoms with Crippen molar-refractivity contribution in [3.63, 3.8) is 0 Å². The van der Waals surface area contributed by atoms with E-state index in [9.17, 15) is 0 Å². The molecule has 0 saturated heterocycles. The number of aliphatic imine (C=N–C) groups is 3. The summed E-state index contributed by atoms with van der Waals surface area (Å²) in [4.78, 5) is 14.1. The highest BCUT2D eigenvalue weighted by molar-refractivity contribution is 6.15. The Hall–Kier alpha value is -6.85. The Kier molecular flexibility index (Phi) is 7.63. The number of hydrogen-bond donors (Lipinski definition) is 0. The van der Waals surface area contributed by atoms with Gasteiger partial charge in [-0.15, -0.1) is 0 Å². The molecule has 0 spiro atoms. The van der Waals surface area contributed by atoms with Crippen molar-refractivity contribution in [1.82, 2.24) is 4.57 Å². The van der Waals surface area contributed by atoms with Crippen LogP contribution in [-0.2, 0) is 6.54 Å². The van der Waals surface area contributed by atoms with E-state index in [1.807, 2.05) is 48.5 Å². The topological polar surface area (TPSA) is 55.1 Å². The summed E-state index contributed by atoms with van der Waals surface area (Å²) in [5, 5.41) is 4.60. The number of aromatic nitrogens is 1. The van der Waals surface area contributed by atoms with Crippen LogP contribution < -0.4 is 0 Å². The van der Waals surface area contributed by atoms with E-state index in [4.69, 9.17) is 14.4 Å². The van der Waals surface area contributed by atoms with Crippen molar-refractivity contribution in [2.45, 2.75) is 6.54 Å². The van der Waals surface area contributed by atoms with Gasteiger partial charge in [0.25, 0.3) is 0 Å². The van der Waals surface area contributed by atoms with E-state index in [0.717, 1.165) is 66.5 Å². The Balaban J connectivity index is 1.15. The van der Waals surface area contributed by atoms with Crippen molar-refractivity contribution >= 4 is 62.1 Å². The molecule has 0 aliphatic rings. The van der Waals surface area contributed by atoms with Crippen molar-refractivity contribution in [2.24, 2.45) is 15.0 Å². The molecule has 0 amide bonds. The highest BCUT2D eigenvalue weighted by Crippen LogP contribution is 2.40. The summed E-state index contributed by atoms with van der Waals surface area (Å²) in [6.45, 7) is 4.30. The molecule has 0 aliphatic carbocycles. The van der Waals surface area contributed by atoms with Crippen molar-refractivity contribution < 1.29 is 4.42 Å². The van der Waals surface area contributed by atoms with Gasteiger partial charge < -0.3 is 8.98 Å². The first-order valence-corrected chi connectivity index (χ1v) is 17.0. The van der Waals surface area contributed by atoms with Gasteiger partial charge >= 0.3 is 0 Å². The largest absolute Gasteiger partial charge is 0.453 e. The minimum atomic E-state index is 0.493. The monoisotopic (exact) mass is 656 g/mol. The fourth-order valence-corrected chi connectivity index (χ4v) is 7.01. The fraction of sp³-hybridized carbons (Fsp3) is 0.0217. The molecule has 5 heteroatoms. The van der Waals surface area contributed by atoms with Crippen LogP contribution in [0.4, 0.5) is 0 Å². The van der Waals surface area contributed by atoms with Crippen molar-refractivity contribution in [3.05, 3.63) is 187 Å². The SMILES string of the molecule is C=NC(=NC(=NCc1ccccc1)c1ccc(-c2cccc3c2oc2c(-n4c5ccccc5c5ccccc54)cccc23)cc1)c1ccccc1. The van der Waals surface area contributed by atoms with Crippen LogP contribution in [0.25, 0.3) is 60.6 Å². The summed E-state index contributed by atoms with van der Waals surface area (Å²) in [6, 6.07) is 58.3. The maximum Gasteiger partial charge on any atom is 0.161 e. The van der Waals surface area contributed by atoms with E-state index in [0.29, 0.717) is 18.2 Å². The van der Waals surface area contributed by atoms with Crippen LogP contribution in [0.3, 0.4) is 0 Å². The molecule has 9 rings (SSSR count). The van der Waals surface area contributed by atoms with E-state index >= 15 is 0 Å². The maximum atomic E-state index is 6.89. The second-order valence-corrected chi connectivity index (χ2v) is 12.5. The standard InChI is InChI=1S/C46H32N4O/c1-47-45(33-16-6-3-7-17-33)49-46(48-30-31-14-4-2-5-15-31)34-28-26-32(27-29-34)35-20-12-21-38-39-22-13-25-42(44(39)51-43(35)38)50-40-23-10-8-18-36(40)37-19-9-11-24-41(37)50/h2-29H,1,30H2. The smallest absolute Gasteiger partial charge is 0.161 e. The van der Waals surface area contributed by atoms with Crippen LogP contribution in [0.5, 0.6) is 0 Å². The molecule has 2 heterocycles. The third kappa shape index (κ3) is 5.42. The Morgan fingerprint density at radius 3 is 1.76 bits per heavy atom. The molecule has 242 valence electrons. The van der Waals surface area contributed by atoms with E-state index in [1.54, 1.807) is 0 Å². The van der Waals surface area contributed by atoms with Gasteiger partial charge in [-0.05, 0) is 36.0 Å². The van der Waals surface area contributed by atoms with Crippen LogP contribution >= 0.6 is 0 Å². The Morgan fingerprint density at radius 2 is 1.08 bits per heavy atom. The second kappa shape index (κ2) is 12.9. The average molecular weight is 657 g/mol. The molecule has 0 unspecified atom stereocenters. The van der Waals surface area contributed by atoms with Crippen LogP contribution in [0.2, 0.25) is 0 Å². The lowest BCUT2D eigenvalue weighted by Crippen LogP contribution is -2.05. The third-order valence-corrected chi connectivity index (χ3v) is 9.43. The predicted octanol–water partition coefficient (Wildman–Crippen LogP) is 11.4. The molecule has 0 N–H and O–H groups in total. The molecule has 0 bridgehead atoms. The third-order valence-electron chi connectivity index (χ3n) is 9.43. The summed E-state index contributed by atoms with van der Waals surface area (Å²) in [5.41, 5.74) is 9.96. The first-order chi connectivity index (χ1) is 25.3. The molecule has 0 radical (unpaired) electrons. The van der Waals surface area contributed by atoms with E-state index in [2.05, 4.69) is 138 Å².